The molecule has 0 bridgehead atoms. The van der Waals surface area contributed by atoms with Crippen LogP contribution in [0.25, 0.3) is 66.1 Å². The van der Waals surface area contributed by atoms with Crippen molar-refractivity contribution in [3.63, 3.8) is 0 Å². The molecule has 0 heteroatoms. The predicted molar refractivity (Wildman–Crippen MR) is 163 cm³/mol. The second kappa shape index (κ2) is 9.50. The average molecular weight is 488 g/mol. The molecule has 0 radical (unpaired) electrons. The van der Waals surface area contributed by atoms with Gasteiger partial charge in [0.05, 0.1) is 6.85 Å². The Balaban J connectivity index is 1.65. The molecule has 7 aromatic carbocycles. The van der Waals surface area contributed by atoms with E-state index in [9.17, 15) is 0 Å². The number of hydrogen-bond acceptors (Lipinski definition) is 0. The van der Waals surface area contributed by atoms with Crippen molar-refractivity contribution >= 4 is 21.5 Å². The van der Waals surface area contributed by atoms with Gasteiger partial charge in [-0.25, -0.2) is 0 Å². The lowest BCUT2D eigenvalue weighted by atomic mass is 9.83. The van der Waals surface area contributed by atoms with Gasteiger partial charge in [-0.05, 0) is 72.1 Å². The molecule has 7 aromatic rings. The lowest BCUT2D eigenvalue weighted by molar-refractivity contribution is 1.60. The van der Waals surface area contributed by atoms with E-state index >= 15 is 0 Å². The fourth-order valence-electron chi connectivity index (χ4n) is 5.50. The third-order valence-electron chi connectivity index (χ3n) is 7.16. The van der Waals surface area contributed by atoms with Gasteiger partial charge in [-0.15, -0.1) is 0 Å². The minimum absolute atomic E-state index is 0.200. The van der Waals surface area contributed by atoms with Crippen molar-refractivity contribution in [1.29, 1.82) is 0 Å². The summed E-state index contributed by atoms with van der Waals surface area (Å²) in [6, 6.07) is 41.9. The van der Waals surface area contributed by atoms with Crippen molar-refractivity contribution in [1.82, 2.24) is 0 Å². The number of fused-ring (bicyclic) bond motifs is 2. The van der Waals surface area contributed by atoms with E-state index in [0.717, 1.165) is 54.9 Å². The third-order valence-corrected chi connectivity index (χ3v) is 7.16. The molecule has 0 N–H and O–H groups in total. The van der Waals surface area contributed by atoms with Crippen LogP contribution in [0, 0.1) is 0 Å². The molecule has 0 nitrogen and oxygen atoms in total. The van der Waals surface area contributed by atoms with Gasteiger partial charge in [0.25, 0.3) is 0 Å². The molecule has 178 valence electrons. The Bertz CT molecular complexity index is 2140. The minimum Gasteiger partial charge on any atom is -0.0622 e. The van der Waals surface area contributed by atoms with Gasteiger partial charge in [-0.1, -0.05) is 152 Å². The monoisotopic (exact) mass is 487 g/mol. The van der Waals surface area contributed by atoms with Crippen LogP contribution in [0.3, 0.4) is 0 Å². The van der Waals surface area contributed by atoms with Gasteiger partial charge in [0.1, 0.15) is 0 Å². The first-order valence-corrected chi connectivity index (χ1v) is 12.7. The van der Waals surface area contributed by atoms with Crippen LogP contribution < -0.4 is 0 Å². The highest BCUT2D eigenvalue weighted by molar-refractivity contribution is 6.22. The Morgan fingerprint density at radius 2 is 0.895 bits per heavy atom. The quantitative estimate of drug-likeness (QED) is 0.217. The molecule has 0 spiro atoms. The van der Waals surface area contributed by atoms with Gasteiger partial charge in [0.2, 0.25) is 0 Å². The van der Waals surface area contributed by atoms with Crippen LogP contribution in [0.4, 0.5) is 0 Å². The fourth-order valence-corrected chi connectivity index (χ4v) is 5.50. The standard InChI is InChI=1S/C38H26/c1-4-14-27(15-5-1)30-24-25-35-36(26-30)37(29-18-8-3-9-19-29)33-22-12-13-23-34(33)38(35)32-21-11-10-20-31(32)28-16-6-2-7-17-28/h1-26H/i1D,4D,5D,14D,15D. The SMILES string of the molecule is [2H]c1c([2H])c([2H])c(-c2ccc3c(-c4ccccc4-c4ccccc4)c4ccccc4c(-c4ccccc4)c3c2)c([2H])c1[2H]. The second-order valence-electron chi connectivity index (χ2n) is 9.33. The molecule has 0 aliphatic rings. The molecule has 7 rings (SSSR count). The summed E-state index contributed by atoms with van der Waals surface area (Å²) in [5.41, 5.74) is 7.31. The maximum absolute atomic E-state index is 8.66. The maximum atomic E-state index is 8.66. The highest BCUT2D eigenvalue weighted by Gasteiger charge is 2.19. The first-order valence-electron chi connectivity index (χ1n) is 15.2. The molecule has 0 amide bonds. The predicted octanol–water partition coefficient (Wildman–Crippen LogP) is 10.7. The van der Waals surface area contributed by atoms with Crippen LogP contribution in [0.5, 0.6) is 0 Å². The largest absolute Gasteiger partial charge is 0.0629 e. The first-order chi connectivity index (χ1) is 21.0. The summed E-state index contributed by atoms with van der Waals surface area (Å²) in [5.74, 6) is 0. The summed E-state index contributed by atoms with van der Waals surface area (Å²) in [5, 5.41) is 4.18. The highest BCUT2D eigenvalue weighted by Crippen LogP contribution is 2.46. The molecule has 0 aliphatic carbocycles. The summed E-state index contributed by atoms with van der Waals surface area (Å²) < 4.78 is 42.0. The van der Waals surface area contributed by atoms with Crippen LogP contribution in [0.15, 0.2) is 158 Å². The summed E-state index contributed by atoms with van der Waals surface area (Å²) >= 11 is 0. The fraction of sp³-hybridized carbons (Fsp3) is 0. The van der Waals surface area contributed by atoms with E-state index in [1.165, 1.54) is 0 Å². The number of rotatable bonds is 4. The molecule has 0 atom stereocenters. The van der Waals surface area contributed by atoms with Gasteiger partial charge >= 0.3 is 0 Å². The number of hydrogen-bond donors (Lipinski definition) is 0. The molecule has 0 aromatic heterocycles. The molecule has 0 heterocycles. The van der Waals surface area contributed by atoms with E-state index in [1.807, 2.05) is 60.7 Å². The Labute approximate surface area is 230 Å². The van der Waals surface area contributed by atoms with E-state index in [0.29, 0.717) is 5.56 Å². The van der Waals surface area contributed by atoms with Crippen LogP contribution in [0.2, 0.25) is 0 Å². The van der Waals surface area contributed by atoms with Crippen molar-refractivity contribution in [3.05, 3.63) is 158 Å². The third kappa shape index (κ3) is 3.79. The van der Waals surface area contributed by atoms with E-state index in [4.69, 9.17) is 6.85 Å². The summed E-state index contributed by atoms with van der Waals surface area (Å²) in [4.78, 5) is 0. The van der Waals surface area contributed by atoms with Gasteiger partial charge in [0, 0.05) is 0 Å². The summed E-state index contributed by atoms with van der Waals surface area (Å²) in [6.07, 6.45) is 0. The van der Waals surface area contributed by atoms with E-state index in [2.05, 4.69) is 66.7 Å². The van der Waals surface area contributed by atoms with Crippen molar-refractivity contribution in [2.45, 2.75) is 0 Å². The normalized spacial score (nSPS) is 13.0. The van der Waals surface area contributed by atoms with Crippen molar-refractivity contribution < 1.29 is 6.85 Å². The molecule has 0 aliphatic heterocycles. The van der Waals surface area contributed by atoms with Crippen LogP contribution >= 0.6 is 0 Å². The Hall–Kier alpha value is -4.94. The molecule has 0 saturated heterocycles. The summed E-state index contributed by atoms with van der Waals surface area (Å²) in [7, 11) is 0. The van der Waals surface area contributed by atoms with E-state index in [1.54, 1.807) is 0 Å². The second-order valence-corrected chi connectivity index (χ2v) is 9.33. The summed E-state index contributed by atoms with van der Waals surface area (Å²) in [6.45, 7) is 0. The molecule has 0 fully saturated rings. The van der Waals surface area contributed by atoms with Crippen LogP contribution in [-0.4, -0.2) is 0 Å². The lowest BCUT2D eigenvalue weighted by Crippen LogP contribution is -1.93. The van der Waals surface area contributed by atoms with Crippen molar-refractivity contribution in [2.24, 2.45) is 0 Å². The highest BCUT2D eigenvalue weighted by atomic mass is 14.2. The van der Waals surface area contributed by atoms with Crippen molar-refractivity contribution in [3.8, 4) is 44.5 Å². The Morgan fingerprint density at radius 1 is 0.342 bits per heavy atom. The van der Waals surface area contributed by atoms with Gasteiger partial charge in [0.15, 0.2) is 0 Å². The lowest BCUT2D eigenvalue weighted by Gasteiger charge is -2.20. The zero-order valence-electron chi connectivity index (χ0n) is 25.6. The Morgan fingerprint density at radius 3 is 1.61 bits per heavy atom. The molecule has 0 saturated carbocycles. The zero-order chi connectivity index (χ0) is 29.7. The van der Waals surface area contributed by atoms with Gasteiger partial charge in [-0.2, -0.15) is 0 Å². The molecular formula is C38H26. The minimum atomic E-state index is -0.393. The molecule has 38 heavy (non-hydrogen) atoms. The number of benzene rings is 7. The average Bonchev–Trinajstić information content (AvgIpc) is 3.06. The molecule has 0 unspecified atom stereocenters. The van der Waals surface area contributed by atoms with Crippen LogP contribution in [0.1, 0.15) is 6.85 Å². The van der Waals surface area contributed by atoms with E-state index < -0.39 is 6.04 Å². The zero-order valence-corrected chi connectivity index (χ0v) is 20.6. The topological polar surface area (TPSA) is 0 Å². The maximum Gasteiger partial charge on any atom is 0.0629 e. The Kier molecular flexibility index (Phi) is 4.38. The van der Waals surface area contributed by atoms with E-state index in [-0.39, 0.29) is 29.7 Å². The van der Waals surface area contributed by atoms with Crippen molar-refractivity contribution in [2.75, 3.05) is 0 Å². The first kappa shape index (κ1) is 17.5. The molecular weight excluding hydrogens is 456 g/mol. The van der Waals surface area contributed by atoms with Crippen LogP contribution in [-0.2, 0) is 0 Å². The van der Waals surface area contributed by atoms with Gasteiger partial charge in [-0.3, -0.25) is 0 Å². The smallest absolute Gasteiger partial charge is 0.0622 e. The van der Waals surface area contributed by atoms with Gasteiger partial charge < -0.3 is 0 Å².